The molecule has 2 heteroatoms. The van der Waals surface area contributed by atoms with Crippen LogP contribution in [0.25, 0.3) is 0 Å². The Bertz CT molecular complexity index is 167. The molecule has 0 saturated carbocycles. The number of nitrogens with zero attached hydrogens (tertiary/aromatic N) is 1. The molecule has 0 saturated heterocycles. The van der Waals surface area contributed by atoms with Crippen molar-refractivity contribution in [3.8, 4) is 0 Å². The second kappa shape index (κ2) is 1.99. The van der Waals surface area contributed by atoms with Crippen LogP contribution in [0.3, 0.4) is 0 Å². The minimum atomic E-state index is 1.04. The maximum Gasteiger partial charge on any atom is 0.0594 e. The third kappa shape index (κ3) is 0.886. The highest BCUT2D eigenvalue weighted by Gasteiger charge is 1.90. The highest BCUT2D eigenvalue weighted by atomic mass is 15.1. The van der Waals surface area contributed by atoms with Crippen molar-refractivity contribution in [1.29, 1.82) is 0 Å². The first-order valence-corrected chi connectivity index (χ1v) is 2.64. The highest BCUT2D eigenvalue weighted by molar-refractivity contribution is 5.13. The van der Waals surface area contributed by atoms with Crippen molar-refractivity contribution in [2.24, 2.45) is 0 Å². The normalized spacial score (nSPS) is 9.75. The summed E-state index contributed by atoms with van der Waals surface area (Å²) >= 11 is 0. The fourth-order valence-corrected chi connectivity index (χ4v) is 0.590. The zero-order valence-electron chi connectivity index (χ0n) is 5.10. The fraction of sp³-hybridized carbons (Fsp3) is 0.333. The molecule has 1 N–H and O–H groups in total. The molecule has 43 valence electrons. The molecule has 1 radical (unpaired) electrons. The van der Waals surface area contributed by atoms with Crippen molar-refractivity contribution in [1.82, 2.24) is 10.2 Å². The van der Waals surface area contributed by atoms with Crippen LogP contribution in [0.1, 0.15) is 18.3 Å². The molecule has 0 unspecified atom stereocenters. The third-order valence-electron chi connectivity index (χ3n) is 1.04. The number of rotatable bonds is 1. The van der Waals surface area contributed by atoms with Gasteiger partial charge in [-0.25, -0.2) is 0 Å². The van der Waals surface area contributed by atoms with Crippen LogP contribution in [0, 0.1) is 13.3 Å². The summed E-state index contributed by atoms with van der Waals surface area (Å²) in [4.78, 5) is 0. The lowest BCUT2D eigenvalue weighted by molar-refractivity contribution is 1.02. The Kier molecular flexibility index (Phi) is 1.33. The lowest BCUT2D eigenvalue weighted by Gasteiger charge is -1.79. The average molecular weight is 109 g/mol. The van der Waals surface area contributed by atoms with Crippen molar-refractivity contribution < 1.29 is 0 Å². The molecule has 0 aliphatic rings. The Morgan fingerprint density at radius 3 is 2.75 bits per heavy atom. The van der Waals surface area contributed by atoms with Gasteiger partial charge in [-0.15, -0.1) is 0 Å². The molecular weight excluding hydrogens is 100 g/mol. The minimum Gasteiger partial charge on any atom is -0.282 e. The summed E-state index contributed by atoms with van der Waals surface area (Å²) in [6.07, 6.45) is 1.99. The van der Waals surface area contributed by atoms with Gasteiger partial charge in [0.2, 0.25) is 0 Å². The van der Waals surface area contributed by atoms with Crippen LogP contribution in [0.5, 0.6) is 0 Å². The monoisotopic (exact) mass is 109 g/mol. The molecule has 8 heavy (non-hydrogen) atoms. The molecule has 1 heterocycles. The second-order valence-electron chi connectivity index (χ2n) is 1.75. The molecule has 1 aromatic heterocycles. The standard InChI is InChI=1S/C6H9N2/c1-3-6-4-5(2)7-8-6/h3-4H,1-2H3,(H,7,8). The van der Waals surface area contributed by atoms with Gasteiger partial charge in [-0.1, -0.05) is 6.92 Å². The van der Waals surface area contributed by atoms with Gasteiger partial charge in [0.15, 0.2) is 0 Å². The van der Waals surface area contributed by atoms with E-state index in [4.69, 9.17) is 0 Å². The first-order valence-electron chi connectivity index (χ1n) is 2.64. The van der Waals surface area contributed by atoms with Crippen molar-refractivity contribution in [2.45, 2.75) is 13.8 Å². The maximum atomic E-state index is 3.93. The Labute approximate surface area is 48.9 Å². The Hall–Kier alpha value is -0.790. The summed E-state index contributed by atoms with van der Waals surface area (Å²) in [7, 11) is 0. The summed E-state index contributed by atoms with van der Waals surface area (Å²) < 4.78 is 0. The zero-order chi connectivity index (χ0) is 5.98. The van der Waals surface area contributed by atoms with E-state index in [1.54, 1.807) is 0 Å². The lowest BCUT2D eigenvalue weighted by atomic mass is 10.3. The van der Waals surface area contributed by atoms with Gasteiger partial charge < -0.3 is 0 Å². The molecule has 0 aliphatic heterocycles. The van der Waals surface area contributed by atoms with E-state index in [1.807, 2.05) is 26.3 Å². The summed E-state index contributed by atoms with van der Waals surface area (Å²) in [5, 5.41) is 6.78. The molecule has 0 bridgehead atoms. The Morgan fingerprint density at radius 2 is 2.50 bits per heavy atom. The summed E-state index contributed by atoms with van der Waals surface area (Å²) in [6.45, 7) is 3.94. The van der Waals surface area contributed by atoms with E-state index >= 15 is 0 Å². The number of aromatic amines is 1. The third-order valence-corrected chi connectivity index (χ3v) is 1.04. The van der Waals surface area contributed by atoms with E-state index in [0.717, 1.165) is 11.4 Å². The molecule has 0 aromatic carbocycles. The quantitative estimate of drug-likeness (QED) is 0.578. The number of aromatic nitrogens is 2. The molecule has 0 amide bonds. The van der Waals surface area contributed by atoms with Crippen LogP contribution in [-0.2, 0) is 0 Å². The van der Waals surface area contributed by atoms with Gasteiger partial charge in [-0.2, -0.15) is 5.10 Å². The SMILES string of the molecule is C[CH]c1cc(C)n[nH]1. The molecule has 0 fully saturated rings. The van der Waals surface area contributed by atoms with E-state index in [0.29, 0.717) is 0 Å². The smallest absolute Gasteiger partial charge is 0.0594 e. The van der Waals surface area contributed by atoms with Gasteiger partial charge in [-0.05, 0) is 13.0 Å². The average Bonchev–Trinajstić information content (AvgIpc) is 2.14. The van der Waals surface area contributed by atoms with Crippen LogP contribution in [0.2, 0.25) is 0 Å². The van der Waals surface area contributed by atoms with Gasteiger partial charge in [0.1, 0.15) is 0 Å². The first-order chi connectivity index (χ1) is 3.83. The van der Waals surface area contributed by atoms with Crippen molar-refractivity contribution in [3.63, 3.8) is 0 Å². The van der Waals surface area contributed by atoms with E-state index < -0.39 is 0 Å². The van der Waals surface area contributed by atoms with Gasteiger partial charge >= 0.3 is 0 Å². The molecule has 1 rings (SSSR count). The van der Waals surface area contributed by atoms with Crippen LogP contribution in [0.4, 0.5) is 0 Å². The number of hydrogen-bond acceptors (Lipinski definition) is 1. The zero-order valence-corrected chi connectivity index (χ0v) is 5.10. The summed E-state index contributed by atoms with van der Waals surface area (Å²) in [5.41, 5.74) is 2.13. The van der Waals surface area contributed by atoms with Crippen LogP contribution in [0.15, 0.2) is 6.07 Å². The predicted molar refractivity (Wildman–Crippen MR) is 32.4 cm³/mol. The number of nitrogens with one attached hydrogen (secondary N) is 1. The highest BCUT2D eigenvalue weighted by Crippen LogP contribution is 1.98. The fourth-order valence-electron chi connectivity index (χ4n) is 0.590. The summed E-state index contributed by atoms with van der Waals surface area (Å²) in [6, 6.07) is 2.00. The maximum absolute atomic E-state index is 3.93. The van der Waals surface area contributed by atoms with Crippen molar-refractivity contribution in [3.05, 3.63) is 23.9 Å². The minimum absolute atomic E-state index is 1.04. The van der Waals surface area contributed by atoms with Gasteiger partial charge in [-0.3, -0.25) is 5.10 Å². The van der Waals surface area contributed by atoms with E-state index in [1.165, 1.54) is 0 Å². The molecule has 0 spiro atoms. The number of H-pyrrole nitrogens is 1. The molecule has 0 atom stereocenters. The van der Waals surface area contributed by atoms with Crippen molar-refractivity contribution in [2.75, 3.05) is 0 Å². The van der Waals surface area contributed by atoms with E-state index in [9.17, 15) is 0 Å². The van der Waals surface area contributed by atoms with Crippen molar-refractivity contribution >= 4 is 0 Å². The summed E-state index contributed by atoms with van der Waals surface area (Å²) in [5.74, 6) is 0. The molecular formula is C6H9N2. The molecule has 0 aliphatic carbocycles. The lowest BCUT2D eigenvalue weighted by Crippen LogP contribution is -1.73. The van der Waals surface area contributed by atoms with Gasteiger partial charge in [0.25, 0.3) is 0 Å². The molecule has 2 nitrogen and oxygen atoms in total. The number of hydrogen-bond donors (Lipinski definition) is 1. The molecule has 1 aromatic rings. The van der Waals surface area contributed by atoms with Crippen LogP contribution >= 0.6 is 0 Å². The largest absolute Gasteiger partial charge is 0.282 e. The predicted octanol–water partition coefficient (Wildman–Crippen LogP) is 1.29. The Morgan fingerprint density at radius 1 is 1.75 bits per heavy atom. The van der Waals surface area contributed by atoms with E-state index in [-0.39, 0.29) is 0 Å². The number of aryl methyl sites for hydroxylation is 1. The van der Waals surface area contributed by atoms with Gasteiger partial charge in [0.05, 0.1) is 5.69 Å². The van der Waals surface area contributed by atoms with Crippen LogP contribution < -0.4 is 0 Å². The van der Waals surface area contributed by atoms with Gasteiger partial charge in [0, 0.05) is 12.1 Å². The topological polar surface area (TPSA) is 28.7 Å². The van der Waals surface area contributed by atoms with Crippen LogP contribution in [-0.4, -0.2) is 10.2 Å². The van der Waals surface area contributed by atoms with E-state index in [2.05, 4.69) is 10.2 Å². The first kappa shape index (κ1) is 5.35. The Balaban J connectivity index is 2.84. The second-order valence-corrected chi connectivity index (χ2v) is 1.75.